The third-order valence-corrected chi connectivity index (χ3v) is 5.74. The zero-order valence-corrected chi connectivity index (χ0v) is 18.4. The highest BCUT2D eigenvalue weighted by Crippen LogP contribution is 2.26. The maximum atomic E-state index is 13.5. The third kappa shape index (κ3) is 4.49. The van der Waals surface area contributed by atoms with Crippen LogP contribution in [0, 0.1) is 0 Å². The second kappa shape index (κ2) is 9.64. The van der Waals surface area contributed by atoms with Crippen LogP contribution in [-0.2, 0) is 11.2 Å². The summed E-state index contributed by atoms with van der Waals surface area (Å²) in [6.45, 7) is 3.34. The fourth-order valence-corrected chi connectivity index (χ4v) is 4.07. The first kappa shape index (κ1) is 21.6. The molecule has 164 valence electrons. The Balaban J connectivity index is 1.63. The summed E-state index contributed by atoms with van der Waals surface area (Å²) in [5.74, 6) is 0.317. The number of benzene rings is 2. The fraction of sp³-hybridized carbons (Fsp3) is 0.269. The summed E-state index contributed by atoms with van der Waals surface area (Å²) in [5.41, 5.74) is 3.53. The quantitative estimate of drug-likeness (QED) is 0.600. The zero-order valence-electron chi connectivity index (χ0n) is 18.4. The van der Waals surface area contributed by atoms with E-state index in [1.807, 2.05) is 55.6 Å². The minimum Gasteiger partial charge on any atom is -0.493 e. The van der Waals surface area contributed by atoms with Crippen LogP contribution in [0.4, 0.5) is 0 Å². The molecule has 1 fully saturated rings. The number of hydrogen-bond donors (Lipinski definition) is 0. The van der Waals surface area contributed by atoms with Crippen LogP contribution < -0.4 is 4.74 Å². The second-order valence-corrected chi connectivity index (χ2v) is 7.85. The van der Waals surface area contributed by atoms with Gasteiger partial charge < -0.3 is 14.5 Å². The highest BCUT2D eigenvalue weighted by atomic mass is 16.5. The number of hydrogen-bond acceptors (Lipinski definition) is 4. The van der Waals surface area contributed by atoms with Gasteiger partial charge >= 0.3 is 0 Å². The Bertz CT molecular complexity index is 1100. The Morgan fingerprint density at radius 3 is 2.66 bits per heavy atom. The first-order valence-electron chi connectivity index (χ1n) is 10.9. The van der Waals surface area contributed by atoms with Crippen molar-refractivity contribution in [3.8, 4) is 16.9 Å². The molecule has 0 aliphatic carbocycles. The molecule has 0 saturated carbocycles. The Labute approximate surface area is 188 Å². The SMILES string of the molecule is CCOc1ccccc1C(=O)N1CCN(C)C(=O)C1Cc1cccc(-c2cccnc2)c1. The number of piperazine rings is 1. The predicted molar refractivity (Wildman–Crippen MR) is 123 cm³/mol. The Morgan fingerprint density at radius 1 is 1.06 bits per heavy atom. The molecular weight excluding hydrogens is 402 g/mol. The van der Waals surface area contributed by atoms with Crippen LogP contribution >= 0.6 is 0 Å². The van der Waals surface area contributed by atoms with Crippen molar-refractivity contribution < 1.29 is 14.3 Å². The number of para-hydroxylation sites is 1. The average Bonchev–Trinajstić information content (AvgIpc) is 2.83. The highest BCUT2D eigenvalue weighted by molar-refractivity contribution is 6.00. The van der Waals surface area contributed by atoms with Gasteiger partial charge in [-0.05, 0) is 41.8 Å². The molecule has 1 atom stereocenters. The lowest BCUT2D eigenvalue weighted by Crippen LogP contribution is -2.58. The normalized spacial score (nSPS) is 16.2. The first-order valence-corrected chi connectivity index (χ1v) is 10.9. The lowest BCUT2D eigenvalue weighted by Gasteiger charge is -2.39. The van der Waals surface area contributed by atoms with Crippen molar-refractivity contribution in [2.24, 2.45) is 0 Å². The maximum Gasteiger partial charge on any atom is 0.258 e. The van der Waals surface area contributed by atoms with Crippen molar-refractivity contribution in [3.63, 3.8) is 0 Å². The zero-order chi connectivity index (χ0) is 22.5. The summed E-state index contributed by atoms with van der Waals surface area (Å²) in [6.07, 6.45) is 4.01. The average molecular weight is 430 g/mol. The van der Waals surface area contributed by atoms with Gasteiger partial charge in [-0.3, -0.25) is 14.6 Å². The van der Waals surface area contributed by atoms with Crippen LogP contribution in [0.2, 0.25) is 0 Å². The van der Waals surface area contributed by atoms with Crippen LogP contribution in [0.25, 0.3) is 11.1 Å². The van der Waals surface area contributed by atoms with Crippen molar-refractivity contribution in [1.82, 2.24) is 14.8 Å². The van der Waals surface area contributed by atoms with E-state index in [1.54, 1.807) is 35.2 Å². The summed E-state index contributed by atoms with van der Waals surface area (Å²) < 4.78 is 5.67. The van der Waals surface area contributed by atoms with Gasteiger partial charge in [0, 0.05) is 39.0 Å². The number of aromatic nitrogens is 1. The minimum atomic E-state index is -0.569. The van der Waals surface area contributed by atoms with E-state index in [4.69, 9.17) is 4.74 Å². The van der Waals surface area contributed by atoms with Gasteiger partial charge in [0.15, 0.2) is 0 Å². The van der Waals surface area contributed by atoms with E-state index in [0.717, 1.165) is 16.7 Å². The summed E-state index contributed by atoms with van der Waals surface area (Å²) >= 11 is 0. The number of carbonyl (C=O) groups is 2. The van der Waals surface area contributed by atoms with Gasteiger partial charge in [-0.25, -0.2) is 0 Å². The third-order valence-electron chi connectivity index (χ3n) is 5.74. The van der Waals surface area contributed by atoms with Crippen LogP contribution in [0.1, 0.15) is 22.8 Å². The molecular formula is C26H27N3O3. The molecule has 2 aromatic carbocycles. The highest BCUT2D eigenvalue weighted by Gasteiger charge is 2.37. The molecule has 4 rings (SSSR count). The fourth-order valence-electron chi connectivity index (χ4n) is 4.07. The van der Waals surface area contributed by atoms with Crippen LogP contribution in [0.5, 0.6) is 5.75 Å². The summed E-state index contributed by atoms with van der Waals surface area (Å²) in [6, 6.07) is 18.6. The molecule has 0 bridgehead atoms. The molecule has 3 aromatic rings. The van der Waals surface area contributed by atoms with Crippen molar-refractivity contribution in [2.75, 3.05) is 26.7 Å². The summed E-state index contributed by atoms with van der Waals surface area (Å²) in [4.78, 5) is 34.2. The minimum absolute atomic E-state index is 0.0507. The van der Waals surface area contributed by atoms with Crippen molar-refractivity contribution in [1.29, 1.82) is 0 Å². The lowest BCUT2D eigenvalue weighted by atomic mass is 9.97. The van der Waals surface area contributed by atoms with Crippen LogP contribution in [0.3, 0.4) is 0 Å². The van der Waals surface area contributed by atoms with Gasteiger partial charge in [-0.2, -0.15) is 0 Å². The van der Waals surface area contributed by atoms with E-state index in [2.05, 4.69) is 11.1 Å². The second-order valence-electron chi connectivity index (χ2n) is 7.85. The van der Waals surface area contributed by atoms with Gasteiger partial charge in [-0.15, -0.1) is 0 Å². The maximum absolute atomic E-state index is 13.5. The first-order chi connectivity index (χ1) is 15.6. The van der Waals surface area contributed by atoms with Gasteiger partial charge in [0.1, 0.15) is 11.8 Å². The molecule has 0 N–H and O–H groups in total. The molecule has 1 aliphatic rings. The molecule has 2 heterocycles. The van der Waals surface area contributed by atoms with E-state index in [1.165, 1.54) is 0 Å². The molecule has 1 aliphatic heterocycles. The number of likely N-dealkylation sites (N-methyl/N-ethyl adjacent to an activating group) is 1. The topological polar surface area (TPSA) is 62.7 Å². The molecule has 1 unspecified atom stereocenters. The number of ether oxygens (including phenoxy) is 1. The predicted octanol–water partition coefficient (Wildman–Crippen LogP) is 3.67. The lowest BCUT2D eigenvalue weighted by molar-refractivity contribution is -0.138. The van der Waals surface area contributed by atoms with E-state index in [9.17, 15) is 9.59 Å². The number of rotatable bonds is 6. The van der Waals surface area contributed by atoms with E-state index < -0.39 is 6.04 Å². The van der Waals surface area contributed by atoms with Crippen LogP contribution in [-0.4, -0.2) is 59.4 Å². The molecule has 0 radical (unpaired) electrons. The Morgan fingerprint density at radius 2 is 1.88 bits per heavy atom. The standard InChI is InChI=1S/C26H27N3O3/c1-3-32-24-12-5-4-11-22(24)25(30)29-15-14-28(2)26(31)23(29)17-19-8-6-9-20(16-19)21-10-7-13-27-18-21/h4-13,16,18,23H,3,14-15,17H2,1-2H3. The van der Waals surface area contributed by atoms with Crippen molar-refractivity contribution in [3.05, 3.63) is 84.2 Å². The summed E-state index contributed by atoms with van der Waals surface area (Å²) in [5, 5.41) is 0. The number of carbonyl (C=O) groups excluding carboxylic acids is 2. The van der Waals surface area contributed by atoms with Crippen LogP contribution in [0.15, 0.2) is 73.1 Å². The molecule has 6 heteroatoms. The van der Waals surface area contributed by atoms with Gasteiger partial charge in [0.25, 0.3) is 5.91 Å². The monoisotopic (exact) mass is 429 g/mol. The van der Waals surface area contributed by atoms with E-state index in [0.29, 0.717) is 37.4 Å². The smallest absolute Gasteiger partial charge is 0.258 e. The Kier molecular flexibility index (Phi) is 6.50. The van der Waals surface area contributed by atoms with E-state index >= 15 is 0 Å². The molecule has 0 spiro atoms. The number of amides is 2. The molecule has 2 amide bonds. The van der Waals surface area contributed by atoms with Gasteiger partial charge in [0.05, 0.1) is 12.2 Å². The van der Waals surface area contributed by atoms with Crippen molar-refractivity contribution in [2.45, 2.75) is 19.4 Å². The molecule has 1 aromatic heterocycles. The molecule has 32 heavy (non-hydrogen) atoms. The molecule has 1 saturated heterocycles. The summed E-state index contributed by atoms with van der Waals surface area (Å²) in [7, 11) is 1.79. The van der Waals surface area contributed by atoms with Gasteiger partial charge in [0.2, 0.25) is 5.91 Å². The van der Waals surface area contributed by atoms with Gasteiger partial charge in [-0.1, -0.05) is 42.5 Å². The van der Waals surface area contributed by atoms with Crippen molar-refractivity contribution >= 4 is 11.8 Å². The number of nitrogens with zero attached hydrogens (tertiary/aromatic N) is 3. The largest absolute Gasteiger partial charge is 0.493 e. The van der Waals surface area contributed by atoms with E-state index in [-0.39, 0.29) is 11.8 Å². The number of pyridine rings is 1. The molecule has 6 nitrogen and oxygen atoms in total. The Hall–Kier alpha value is -3.67.